The molecule has 0 spiro atoms. The predicted molar refractivity (Wildman–Crippen MR) is 64.3 cm³/mol. The molecule has 4 nitrogen and oxygen atoms in total. The fourth-order valence-corrected chi connectivity index (χ4v) is 1.85. The van der Waals surface area contributed by atoms with Crippen molar-refractivity contribution in [3.63, 3.8) is 0 Å². The first-order valence-electron chi connectivity index (χ1n) is 5.22. The number of imidazole rings is 1. The van der Waals surface area contributed by atoms with E-state index in [-0.39, 0.29) is 0 Å². The third-order valence-corrected chi connectivity index (χ3v) is 2.62. The maximum absolute atomic E-state index is 10.9. The highest BCUT2D eigenvalue weighted by molar-refractivity contribution is 5.90. The summed E-state index contributed by atoms with van der Waals surface area (Å²) in [6, 6.07) is 9.48. The molecule has 0 fully saturated rings. The summed E-state index contributed by atoms with van der Waals surface area (Å²) < 4.78 is 1.87. The van der Waals surface area contributed by atoms with Crippen molar-refractivity contribution < 1.29 is 4.79 Å². The van der Waals surface area contributed by atoms with E-state index in [1.807, 2.05) is 35.0 Å². The largest absolute Gasteiger partial charge is 0.306 e. The van der Waals surface area contributed by atoms with Gasteiger partial charge in [0.05, 0.1) is 17.5 Å². The predicted octanol–water partition coefficient (Wildman–Crippen LogP) is 2.23. The van der Waals surface area contributed by atoms with Crippen molar-refractivity contribution in [2.75, 3.05) is 0 Å². The molecule has 17 heavy (non-hydrogen) atoms. The lowest BCUT2D eigenvalue weighted by Crippen LogP contribution is -1.97. The topological polar surface area (TPSA) is 47.8 Å². The Morgan fingerprint density at radius 1 is 1.24 bits per heavy atom. The Kier molecular flexibility index (Phi) is 2.19. The van der Waals surface area contributed by atoms with Crippen LogP contribution in [0.25, 0.3) is 16.6 Å². The van der Waals surface area contributed by atoms with Gasteiger partial charge in [-0.25, -0.2) is 9.97 Å². The van der Waals surface area contributed by atoms with Crippen molar-refractivity contribution in [2.45, 2.75) is 0 Å². The van der Waals surface area contributed by atoms with Crippen molar-refractivity contribution in [2.24, 2.45) is 0 Å². The summed E-state index contributed by atoms with van der Waals surface area (Å²) in [6.07, 6.45) is 6.01. The Hall–Kier alpha value is -2.49. The number of aldehydes is 1. The zero-order chi connectivity index (χ0) is 11.7. The third-order valence-electron chi connectivity index (χ3n) is 2.62. The van der Waals surface area contributed by atoms with Gasteiger partial charge in [0, 0.05) is 17.8 Å². The number of fused-ring (bicyclic) bond motifs is 1. The molecule has 3 rings (SSSR count). The van der Waals surface area contributed by atoms with Gasteiger partial charge in [0.2, 0.25) is 0 Å². The van der Waals surface area contributed by atoms with E-state index >= 15 is 0 Å². The lowest BCUT2D eigenvalue weighted by atomic mass is 10.1. The van der Waals surface area contributed by atoms with Crippen molar-refractivity contribution in [3.05, 3.63) is 54.7 Å². The molecular formula is C13H9N3O. The van der Waals surface area contributed by atoms with Gasteiger partial charge in [-0.1, -0.05) is 18.2 Å². The summed E-state index contributed by atoms with van der Waals surface area (Å²) in [5.74, 6) is 0. The van der Waals surface area contributed by atoms with Crippen LogP contribution in [0.4, 0.5) is 0 Å². The molecule has 1 aromatic carbocycles. The van der Waals surface area contributed by atoms with E-state index in [2.05, 4.69) is 9.97 Å². The first-order valence-corrected chi connectivity index (χ1v) is 5.22. The standard InChI is InChI=1S/C13H9N3O/c17-8-10-7-13(16-6-5-14-9-16)11-3-1-2-4-12(11)15-10/h1-9H. The molecule has 82 valence electrons. The molecule has 0 aliphatic rings. The minimum absolute atomic E-state index is 0.424. The molecule has 2 heterocycles. The van der Waals surface area contributed by atoms with Crippen molar-refractivity contribution in [1.29, 1.82) is 0 Å². The maximum Gasteiger partial charge on any atom is 0.168 e. The Morgan fingerprint density at radius 3 is 2.88 bits per heavy atom. The van der Waals surface area contributed by atoms with E-state index in [1.165, 1.54) is 0 Å². The van der Waals surface area contributed by atoms with Gasteiger partial charge in [-0.15, -0.1) is 0 Å². The molecule has 0 atom stereocenters. The number of nitrogens with zero attached hydrogens (tertiary/aromatic N) is 3. The molecule has 3 aromatic rings. The Balaban J connectivity index is 2.39. The molecular weight excluding hydrogens is 214 g/mol. The number of carbonyl (C=O) groups excluding carboxylic acids is 1. The second-order valence-electron chi connectivity index (χ2n) is 3.67. The lowest BCUT2D eigenvalue weighted by Gasteiger charge is -2.07. The minimum Gasteiger partial charge on any atom is -0.306 e. The summed E-state index contributed by atoms with van der Waals surface area (Å²) in [5.41, 5.74) is 2.14. The first kappa shape index (κ1) is 9.72. The van der Waals surface area contributed by atoms with Crippen molar-refractivity contribution in [3.8, 4) is 5.69 Å². The van der Waals surface area contributed by atoms with Gasteiger partial charge in [-0.05, 0) is 12.1 Å². The maximum atomic E-state index is 10.9. The van der Waals surface area contributed by atoms with Crippen molar-refractivity contribution in [1.82, 2.24) is 14.5 Å². The summed E-state index contributed by atoms with van der Waals surface area (Å²) in [4.78, 5) is 19.2. The number of para-hydroxylation sites is 1. The summed E-state index contributed by atoms with van der Waals surface area (Å²) in [7, 11) is 0. The van der Waals surface area contributed by atoms with Crippen LogP contribution in [-0.4, -0.2) is 20.8 Å². The number of hydrogen-bond acceptors (Lipinski definition) is 3. The van der Waals surface area contributed by atoms with E-state index in [0.29, 0.717) is 5.69 Å². The Bertz CT molecular complexity index is 674. The molecule has 4 heteroatoms. The van der Waals surface area contributed by atoms with Crippen LogP contribution in [0.15, 0.2) is 49.1 Å². The fourth-order valence-electron chi connectivity index (χ4n) is 1.85. The Morgan fingerprint density at radius 2 is 2.12 bits per heavy atom. The monoisotopic (exact) mass is 223 g/mol. The summed E-state index contributed by atoms with van der Waals surface area (Å²) in [6.45, 7) is 0. The fraction of sp³-hybridized carbons (Fsp3) is 0. The number of pyridine rings is 1. The van der Waals surface area contributed by atoms with Crippen LogP contribution in [0.1, 0.15) is 10.5 Å². The molecule has 0 saturated carbocycles. The highest BCUT2D eigenvalue weighted by Crippen LogP contribution is 2.21. The van der Waals surface area contributed by atoms with Gasteiger partial charge in [-0.3, -0.25) is 4.79 Å². The van der Waals surface area contributed by atoms with E-state index in [9.17, 15) is 4.79 Å². The summed E-state index contributed by atoms with van der Waals surface area (Å²) in [5, 5.41) is 0.996. The van der Waals surface area contributed by atoms with Gasteiger partial charge < -0.3 is 4.57 Å². The van der Waals surface area contributed by atoms with Gasteiger partial charge in [0.25, 0.3) is 0 Å². The highest BCUT2D eigenvalue weighted by atomic mass is 16.1. The van der Waals surface area contributed by atoms with E-state index in [4.69, 9.17) is 0 Å². The first-order chi connectivity index (χ1) is 8.38. The average molecular weight is 223 g/mol. The van der Waals surface area contributed by atoms with Gasteiger partial charge in [0.1, 0.15) is 5.69 Å². The average Bonchev–Trinajstić information content (AvgIpc) is 2.91. The number of rotatable bonds is 2. The molecule has 0 aliphatic carbocycles. The van der Waals surface area contributed by atoms with Crippen LogP contribution in [0.2, 0.25) is 0 Å². The zero-order valence-corrected chi connectivity index (χ0v) is 8.95. The Labute approximate surface area is 97.6 Å². The highest BCUT2D eigenvalue weighted by Gasteiger charge is 2.06. The summed E-state index contributed by atoms with van der Waals surface area (Å²) >= 11 is 0. The third kappa shape index (κ3) is 1.59. The van der Waals surface area contributed by atoms with E-state index < -0.39 is 0 Å². The van der Waals surface area contributed by atoms with Crippen molar-refractivity contribution >= 4 is 17.2 Å². The molecule has 0 amide bonds. The van der Waals surface area contributed by atoms with Gasteiger partial charge in [-0.2, -0.15) is 0 Å². The number of carbonyl (C=O) groups is 1. The normalized spacial score (nSPS) is 10.6. The zero-order valence-electron chi connectivity index (χ0n) is 8.95. The second kappa shape index (κ2) is 3.83. The van der Waals surface area contributed by atoms with Gasteiger partial charge in [0.15, 0.2) is 6.29 Å². The van der Waals surface area contributed by atoms with E-state index in [1.54, 1.807) is 18.6 Å². The van der Waals surface area contributed by atoms with Gasteiger partial charge >= 0.3 is 0 Å². The molecule has 0 N–H and O–H groups in total. The molecule has 2 aromatic heterocycles. The quantitative estimate of drug-likeness (QED) is 0.626. The van der Waals surface area contributed by atoms with Crippen LogP contribution in [-0.2, 0) is 0 Å². The SMILES string of the molecule is O=Cc1cc(-n2ccnc2)c2ccccc2n1. The molecule has 0 aliphatic heterocycles. The van der Waals surface area contributed by atoms with Crippen LogP contribution >= 0.6 is 0 Å². The minimum atomic E-state index is 0.424. The van der Waals surface area contributed by atoms with Crippen LogP contribution < -0.4 is 0 Å². The number of aromatic nitrogens is 3. The molecule has 0 unspecified atom stereocenters. The molecule has 0 radical (unpaired) electrons. The molecule has 0 saturated heterocycles. The second-order valence-corrected chi connectivity index (χ2v) is 3.67. The number of hydrogen-bond donors (Lipinski definition) is 0. The molecule has 0 bridgehead atoms. The van der Waals surface area contributed by atoms with Crippen LogP contribution in [0.3, 0.4) is 0 Å². The van der Waals surface area contributed by atoms with Crippen LogP contribution in [0.5, 0.6) is 0 Å². The smallest absolute Gasteiger partial charge is 0.168 e. The van der Waals surface area contributed by atoms with Crippen LogP contribution in [0, 0.1) is 0 Å². The number of benzene rings is 1. The lowest BCUT2D eigenvalue weighted by molar-refractivity contribution is 0.111. The van der Waals surface area contributed by atoms with E-state index in [0.717, 1.165) is 22.9 Å².